The Morgan fingerprint density at radius 1 is 0.944 bits per heavy atom. The Kier molecular flexibility index (Phi) is 3.41. The molecule has 0 heterocycles. The molecule has 2 N–H and O–H groups in total. The van der Waals surface area contributed by atoms with Gasteiger partial charge in [-0.1, -0.05) is 12.1 Å². The van der Waals surface area contributed by atoms with Crippen LogP contribution in [0, 0.1) is 17.5 Å². The number of rotatable bonds is 3. The van der Waals surface area contributed by atoms with Crippen molar-refractivity contribution in [1.82, 2.24) is 0 Å². The molecule has 0 aliphatic heterocycles. The van der Waals surface area contributed by atoms with E-state index in [9.17, 15) is 13.2 Å². The van der Waals surface area contributed by atoms with Gasteiger partial charge in [0.2, 0.25) is 0 Å². The number of anilines is 1. The maximum atomic E-state index is 13.4. The van der Waals surface area contributed by atoms with Crippen LogP contribution in [0.2, 0.25) is 0 Å². The van der Waals surface area contributed by atoms with E-state index >= 15 is 0 Å². The maximum Gasteiger partial charge on any atom is 0.167 e. The lowest BCUT2D eigenvalue weighted by molar-refractivity contribution is 0.288. The molecule has 0 bridgehead atoms. The largest absolute Gasteiger partial charge is 0.486 e. The molecule has 2 rings (SSSR count). The van der Waals surface area contributed by atoms with Crippen LogP contribution < -0.4 is 10.5 Å². The first-order chi connectivity index (χ1) is 8.56. The molecule has 5 heteroatoms. The highest BCUT2D eigenvalue weighted by atomic mass is 19.1. The molecule has 0 atom stereocenters. The van der Waals surface area contributed by atoms with Gasteiger partial charge in [-0.05, 0) is 17.7 Å². The molecular weight excluding hydrogens is 243 g/mol. The Morgan fingerprint density at radius 3 is 2.28 bits per heavy atom. The summed E-state index contributed by atoms with van der Waals surface area (Å²) in [5.41, 5.74) is 5.57. The fraction of sp³-hybridized carbons (Fsp3) is 0.0769. The summed E-state index contributed by atoms with van der Waals surface area (Å²) >= 11 is 0. The van der Waals surface area contributed by atoms with Crippen molar-refractivity contribution in [2.45, 2.75) is 6.61 Å². The first-order valence-electron chi connectivity index (χ1n) is 5.18. The molecule has 18 heavy (non-hydrogen) atoms. The first kappa shape index (κ1) is 12.3. The van der Waals surface area contributed by atoms with Crippen LogP contribution in [0.5, 0.6) is 5.75 Å². The number of halogens is 3. The molecule has 0 saturated heterocycles. The average molecular weight is 253 g/mol. The molecule has 0 radical (unpaired) electrons. The van der Waals surface area contributed by atoms with Gasteiger partial charge in [-0.2, -0.15) is 0 Å². The minimum atomic E-state index is -0.745. The van der Waals surface area contributed by atoms with Crippen LogP contribution in [0.15, 0.2) is 36.4 Å². The van der Waals surface area contributed by atoms with Gasteiger partial charge in [-0.3, -0.25) is 0 Å². The molecule has 0 aliphatic carbocycles. The standard InChI is InChI=1S/C13H10F3NO/c14-9-3-1-8(2-4-9)7-18-13-6-10(15)12(17)5-11(13)16/h1-6H,7,17H2. The minimum Gasteiger partial charge on any atom is -0.486 e. The minimum absolute atomic E-state index is 0.0144. The topological polar surface area (TPSA) is 35.2 Å². The van der Waals surface area contributed by atoms with Gasteiger partial charge in [0.1, 0.15) is 18.2 Å². The third-order valence-electron chi connectivity index (χ3n) is 2.36. The van der Waals surface area contributed by atoms with Gasteiger partial charge >= 0.3 is 0 Å². The van der Waals surface area contributed by atoms with Crippen LogP contribution in [0.3, 0.4) is 0 Å². The molecule has 0 unspecified atom stereocenters. The van der Waals surface area contributed by atoms with Crippen LogP contribution in [0.1, 0.15) is 5.56 Å². The third kappa shape index (κ3) is 2.74. The van der Waals surface area contributed by atoms with E-state index < -0.39 is 11.6 Å². The molecule has 0 amide bonds. The quantitative estimate of drug-likeness (QED) is 0.852. The summed E-state index contributed by atoms with van der Waals surface area (Å²) in [5, 5.41) is 0. The van der Waals surface area contributed by atoms with Crippen LogP contribution in [-0.2, 0) is 6.61 Å². The zero-order valence-electron chi connectivity index (χ0n) is 9.29. The zero-order chi connectivity index (χ0) is 13.1. The zero-order valence-corrected chi connectivity index (χ0v) is 9.29. The molecule has 0 aromatic heterocycles. The first-order valence-corrected chi connectivity index (χ1v) is 5.18. The van der Waals surface area contributed by atoms with E-state index in [1.54, 1.807) is 0 Å². The Hall–Kier alpha value is -2.17. The predicted molar refractivity (Wildman–Crippen MR) is 61.5 cm³/mol. The fourth-order valence-corrected chi connectivity index (χ4v) is 1.40. The summed E-state index contributed by atoms with van der Waals surface area (Å²) in [6, 6.07) is 7.27. The van der Waals surface area contributed by atoms with E-state index in [1.165, 1.54) is 24.3 Å². The van der Waals surface area contributed by atoms with E-state index in [4.69, 9.17) is 10.5 Å². The molecule has 0 spiro atoms. The van der Waals surface area contributed by atoms with Gasteiger partial charge in [0.25, 0.3) is 0 Å². The van der Waals surface area contributed by atoms with Gasteiger partial charge in [0.05, 0.1) is 5.69 Å². The molecule has 2 aromatic carbocycles. The van der Waals surface area contributed by atoms with E-state index in [0.29, 0.717) is 5.56 Å². The highest BCUT2D eigenvalue weighted by Gasteiger charge is 2.09. The number of hydrogen-bond acceptors (Lipinski definition) is 2. The number of nitrogens with two attached hydrogens (primary N) is 1. The molecule has 0 fully saturated rings. The summed E-state index contributed by atoms with van der Waals surface area (Å²) in [7, 11) is 0. The number of ether oxygens (including phenoxy) is 1. The van der Waals surface area contributed by atoms with E-state index in [0.717, 1.165) is 12.1 Å². The van der Waals surface area contributed by atoms with Crippen LogP contribution in [0.25, 0.3) is 0 Å². The normalized spacial score (nSPS) is 10.4. The molecule has 2 aromatic rings. The fourth-order valence-electron chi connectivity index (χ4n) is 1.40. The Morgan fingerprint density at radius 2 is 1.61 bits per heavy atom. The molecule has 94 valence electrons. The second-order valence-corrected chi connectivity index (χ2v) is 3.72. The Bertz CT molecular complexity index is 555. The van der Waals surface area contributed by atoms with Gasteiger partial charge in [-0.25, -0.2) is 13.2 Å². The highest BCUT2D eigenvalue weighted by Crippen LogP contribution is 2.23. The Balaban J connectivity index is 2.10. The summed E-state index contributed by atoms with van der Waals surface area (Å²) in [6.07, 6.45) is 0. The summed E-state index contributed by atoms with van der Waals surface area (Å²) in [6.45, 7) is 0.0144. The number of hydrogen-bond donors (Lipinski definition) is 1. The SMILES string of the molecule is Nc1cc(F)c(OCc2ccc(F)cc2)cc1F. The molecule has 0 aliphatic rings. The molecule has 0 saturated carbocycles. The van der Waals surface area contributed by atoms with Gasteiger partial charge in [0.15, 0.2) is 11.6 Å². The number of benzene rings is 2. The van der Waals surface area contributed by atoms with Crippen LogP contribution in [-0.4, -0.2) is 0 Å². The van der Waals surface area contributed by atoms with Gasteiger partial charge in [0, 0.05) is 12.1 Å². The molecular formula is C13H10F3NO. The van der Waals surface area contributed by atoms with Gasteiger partial charge < -0.3 is 10.5 Å². The van der Waals surface area contributed by atoms with Crippen molar-refractivity contribution in [2.24, 2.45) is 0 Å². The van der Waals surface area contributed by atoms with Crippen molar-refractivity contribution >= 4 is 5.69 Å². The Labute approximate surface area is 102 Å². The monoisotopic (exact) mass is 253 g/mol. The maximum absolute atomic E-state index is 13.4. The summed E-state index contributed by atoms with van der Waals surface area (Å²) in [4.78, 5) is 0. The summed E-state index contributed by atoms with van der Waals surface area (Å²) in [5.74, 6) is -2.09. The third-order valence-corrected chi connectivity index (χ3v) is 2.36. The smallest absolute Gasteiger partial charge is 0.167 e. The number of nitrogen functional groups attached to an aromatic ring is 1. The van der Waals surface area contributed by atoms with E-state index in [1.807, 2.05) is 0 Å². The van der Waals surface area contributed by atoms with Crippen molar-refractivity contribution in [3.8, 4) is 5.75 Å². The van der Waals surface area contributed by atoms with E-state index in [-0.39, 0.29) is 23.9 Å². The van der Waals surface area contributed by atoms with Crippen molar-refractivity contribution in [3.63, 3.8) is 0 Å². The van der Waals surface area contributed by atoms with Crippen LogP contribution in [0.4, 0.5) is 18.9 Å². The van der Waals surface area contributed by atoms with Crippen molar-refractivity contribution in [3.05, 3.63) is 59.4 Å². The van der Waals surface area contributed by atoms with Crippen LogP contribution >= 0.6 is 0 Å². The lowest BCUT2D eigenvalue weighted by Gasteiger charge is -2.08. The van der Waals surface area contributed by atoms with Gasteiger partial charge in [-0.15, -0.1) is 0 Å². The average Bonchev–Trinajstić information content (AvgIpc) is 2.34. The lowest BCUT2D eigenvalue weighted by Crippen LogP contribution is -2.00. The highest BCUT2D eigenvalue weighted by molar-refractivity contribution is 5.44. The van der Waals surface area contributed by atoms with E-state index in [2.05, 4.69) is 0 Å². The van der Waals surface area contributed by atoms with Crippen molar-refractivity contribution in [1.29, 1.82) is 0 Å². The second kappa shape index (κ2) is 5.00. The summed E-state index contributed by atoms with van der Waals surface area (Å²) < 4.78 is 44.2. The second-order valence-electron chi connectivity index (χ2n) is 3.72. The molecule has 2 nitrogen and oxygen atoms in total. The van der Waals surface area contributed by atoms with Crippen molar-refractivity contribution in [2.75, 3.05) is 5.73 Å². The lowest BCUT2D eigenvalue weighted by atomic mass is 10.2. The van der Waals surface area contributed by atoms with Crippen molar-refractivity contribution < 1.29 is 17.9 Å². The predicted octanol–water partition coefficient (Wildman–Crippen LogP) is 3.27.